The first-order chi connectivity index (χ1) is 8.01. The third kappa shape index (κ3) is 1.82. The summed E-state index contributed by atoms with van der Waals surface area (Å²) in [5.74, 6) is 4.96. The highest BCUT2D eigenvalue weighted by Gasteiger charge is 2.51. The van der Waals surface area contributed by atoms with Crippen molar-refractivity contribution in [2.24, 2.45) is 5.84 Å². The summed E-state index contributed by atoms with van der Waals surface area (Å²) in [5, 5.41) is 13.8. The molecule has 0 unspecified atom stereocenters. The molecule has 17 heavy (non-hydrogen) atoms. The molecule has 92 valence electrons. The second-order valence-corrected chi connectivity index (χ2v) is 4.48. The number of nitrogens with two attached hydrogens (primary N) is 1. The largest absolute Gasteiger partial charge is 0.481 e. The maximum Gasteiger partial charge on any atom is 0.314 e. The third-order valence-electron chi connectivity index (χ3n) is 3.36. The van der Waals surface area contributed by atoms with Crippen LogP contribution in [0.4, 0.5) is 11.4 Å². The highest BCUT2D eigenvalue weighted by molar-refractivity contribution is 5.86. The fourth-order valence-corrected chi connectivity index (χ4v) is 2.09. The number of rotatable bonds is 4. The van der Waals surface area contributed by atoms with Crippen LogP contribution in [-0.4, -0.2) is 25.2 Å². The second kappa shape index (κ2) is 3.92. The Bertz CT molecular complexity index is 453. The average molecular weight is 235 g/mol. The molecular weight excluding hydrogens is 218 g/mol. The van der Waals surface area contributed by atoms with Gasteiger partial charge in [0.05, 0.1) is 16.8 Å². The quantitative estimate of drug-likeness (QED) is 0.539. The van der Waals surface area contributed by atoms with Crippen molar-refractivity contribution in [2.45, 2.75) is 18.3 Å². The first-order valence-corrected chi connectivity index (χ1v) is 5.55. The van der Waals surface area contributed by atoms with Crippen molar-refractivity contribution < 1.29 is 9.90 Å². The number of anilines is 2. The lowest BCUT2D eigenvalue weighted by Gasteiger charge is -2.19. The van der Waals surface area contributed by atoms with E-state index in [1.807, 2.05) is 18.2 Å². The molecular formula is C12H17N3O2. The first kappa shape index (κ1) is 11.7. The van der Waals surface area contributed by atoms with E-state index in [2.05, 4.69) is 5.32 Å². The predicted molar refractivity (Wildman–Crippen MR) is 67.1 cm³/mol. The van der Waals surface area contributed by atoms with Crippen LogP contribution in [0.15, 0.2) is 18.2 Å². The molecule has 1 aliphatic rings. The van der Waals surface area contributed by atoms with Gasteiger partial charge in [0.15, 0.2) is 0 Å². The molecule has 0 aromatic heterocycles. The van der Waals surface area contributed by atoms with Crippen LogP contribution in [0, 0.1) is 0 Å². The van der Waals surface area contributed by atoms with E-state index in [9.17, 15) is 9.90 Å². The van der Waals surface area contributed by atoms with E-state index < -0.39 is 11.4 Å². The Hall–Kier alpha value is -1.75. The van der Waals surface area contributed by atoms with Gasteiger partial charge in [-0.2, -0.15) is 0 Å². The molecule has 5 nitrogen and oxygen atoms in total. The van der Waals surface area contributed by atoms with Crippen molar-refractivity contribution in [3.05, 3.63) is 23.8 Å². The molecule has 5 heteroatoms. The summed E-state index contributed by atoms with van der Waals surface area (Å²) in [6.45, 7) is 0. The molecule has 1 aromatic rings. The maximum absolute atomic E-state index is 11.2. The summed E-state index contributed by atoms with van der Waals surface area (Å²) in [7, 11) is 3.55. The average Bonchev–Trinajstić information content (AvgIpc) is 3.09. The minimum atomic E-state index is -0.742. The molecule has 0 atom stereocenters. The standard InChI is InChI=1S/C12H17N3O2/c1-14-9-7-8(3-4-10(9)15(2)13)12(5-6-12)11(16)17/h3-4,7,14H,5-6,13H2,1-2H3,(H,16,17). The molecule has 0 spiro atoms. The molecule has 0 saturated heterocycles. The van der Waals surface area contributed by atoms with Crippen molar-refractivity contribution in [2.75, 3.05) is 24.4 Å². The number of benzene rings is 1. The van der Waals surface area contributed by atoms with Gasteiger partial charge in [-0.05, 0) is 30.5 Å². The zero-order valence-electron chi connectivity index (χ0n) is 10.0. The zero-order chi connectivity index (χ0) is 12.6. The second-order valence-electron chi connectivity index (χ2n) is 4.48. The van der Waals surface area contributed by atoms with Gasteiger partial charge in [0.1, 0.15) is 0 Å². The van der Waals surface area contributed by atoms with Crippen LogP contribution in [0.1, 0.15) is 18.4 Å². The Labute approximate surface area is 100 Å². The van der Waals surface area contributed by atoms with Crippen molar-refractivity contribution in [1.29, 1.82) is 0 Å². The number of nitrogens with zero attached hydrogens (tertiary/aromatic N) is 1. The van der Waals surface area contributed by atoms with E-state index in [0.29, 0.717) is 12.8 Å². The van der Waals surface area contributed by atoms with Gasteiger partial charge in [0.25, 0.3) is 0 Å². The summed E-state index contributed by atoms with van der Waals surface area (Å²) in [6.07, 6.45) is 1.42. The summed E-state index contributed by atoms with van der Waals surface area (Å²) >= 11 is 0. The number of carboxylic acid groups (broad SMARTS) is 1. The van der Waals surface area contributed by atoms with E-state index in [1.165, 1.54) is 5.01 Å². The topological polar surface area (TPSA) is 78.6 Å². The zero-order valence-corrected chi connectivity index (χ0v) is 10.0. The molecule has 0 heterocycles. The monoisotopic (exact) mass is 235 g/mol. The van der Waals surface area contributed by atoms with Gasteiger partial charge < -0.3 is 15.4 Å². The fourth-order valence-electron chi connectivity index (χ4n) is 2.09. The Kier molecular flexibility index (Phi) is 2.71. The lowest BCUT2D eigenvalue weighted by molar-refractivity contribution is -0.140. The summed E-state index contributed by atoms with van der Waals surface area (Å²) in [4.78, 5) is 11.2. The predicted octanol–water partition coefficient (Wildman–Crippen LogP) is 1.15. The van der Waals surface area contributed by atoms with Gasteiger partial charge >= 0.3 is 5.97 Å². The van der Waals surface area contributed by atoms with E-state index in [4.69, 9.17) is 5.84 Å². The number of hydrogen-bond donors (Lipinski definition) is 3. The summed E-state index contributed by atoms with van der Waals surface area (Å²) < 4.78 is 0. The van der Waals surface area contributed by atoms with E-state index in [0.717, 1.165) is 16.9 Å². The Morgan fingerprint density at radius 3 is 2.59 bits per heavy atom. The normalized spacial score (nSPS) is 16.4. The lowest BCUT2D eigenvalue weighted by Crippen LogP contribution is -2.26. The Morgan fingerprint density at radius 2 is 2.18 bits per heavy atom. The highest BCUT2D eigenvalue weighted by atomic mass is 16.4. The highest BCUT2D eigenvalue weighted by Crippen LogP contribution is 2.49. The molecule has 4 N–H and O–H groups in total. The van der Waals surface area contributed by atoms with E-state index in [1.54, 1.807) is 14.1 Å². The molecule has 0 aliphatic heterocycles. The molecule has 1 aromatic carbocycles. The minimum absolute atomic E-state index is 0.669. The SMILES string of the molecule is CNc1cc(C2(C(=O)O)CC2)ccc1N(C)N. The number of carboxylic acids is 1. The molecule has 2 rings (SSSR count). The number of carbonyl (C=O) groups is 1. The van der Waals surface area contributed by atoms with Gasteiger partial charge in [-0.1, -0.05) is 6.07 Å². The van der Waals surface area contributed by atoms with Crippen LogP contribution < -0.4 is 16.2 Å². The number of hydrogen-bond acceptors (Lipinski definition) is 4. The van der Waals surface area contributed by atoms with Gasteiger partial charge in [0.2, 0.25) is 0 Å². The van der Waals surface area contributed by atoms with Gasteiger partial charge in [0, 0.05) is 14.1 Å². The van der Waals surface area contributed by atoms with Crippen molar-refractivity contribution in [1.82, 2.24) is 0 Å². The molecule has 0 amide bonds. The van der Waals surface area contributed by atoms with Crippen LogP contribution in [-0.2, 0) is 10.2 Å². The lowest BCUT2D eigenvalue weighted by atomic mass is 9.95. The van der Waals surface area contributed by atoms with Crippen molar-refractivity contribution >= 4 is 17.3 Å². The first-order valence-electron chi connectivity index (χ1n) is 5.55. The van der Waals surface area contributed by atoms with Gasteiger partial charge in [-0.25, -0.2) is 5.84 Å². The molecule has 0 bridgehead atoms. The molecule has 1 aliphatic carbocycles. The van der Waals surface area contributed by atoms with Crippen LogP contribution in [0.5, 0.6) is 0 Å². The number of hydrazine groups is 1. The minimum Gasteiger partial charge on any atom is -0.481 e. The van der Waals surface area contributed by atoms with E-state index >= 15 is 0 Å². The summed E-state index contributed by atoms with van der Waals surface area (Å²) in [5.41, 5.74) is 1.87. The van der Waals surface area contributed by atoms with Crippen molar-refractivity contribution in [3.63, 3.8) is 0 Å². The van der Waals surface area contributed by atoms with Crippen LogP contribution in [0.25, 0.3) is 0 Å². The Balaban J connectivity index is 2.42. The summed E-state index contributed by atoms with van der Waals surface area (Å²) in [6, 6.07) is 5.57. The number of aliphatic carboxylic acids is 1. The third-order valence-corrected chi connectivity index (χ3v) is 3.36. The van der Waals surface area contributed by atoms with Gasteiger partial charge in [-0.15, -0.1) is 0 Å². The van der Waals surface area contributed by atoms with Gasteiger partial charge in [-0.3, -0.25) is 4.79 Å². The Morgan fingerprint density at radius 1 is 1.53 bits per heavy atom. The molecule has 1 fully saturated rings. The van der Waals surface area contributed by atoms with Crippen LogP contribution in [0.2, 0.25) is 0 Å². The van der Waals surface area contributed by atoms with Crippen LogP contribution in [0.3, 0.4) is 0 Å². The van der Waals surface area contributed by atoms with E-state index in [-0.39, 0.29) is 0 Å². The number of nitrogens with one attached hydrogen (secondary N) is 1. The van der Waals surface area contributed by atoms with Crippen molar-refractivity contribution in [3.8, 4) is 0 Å². The van der Waals surface area contributed by atoms with Crippen LogP contribution >= 0.6 is 0 Å². The molecule has 0 radical (unpaired) electrons. The fraction of sp³-hybridized carbons (Fsp3) is 0.417. The maximum atomic E-state index is 11.2. The molecule has 1 saturated carbocycles. The smallest absolute Gasteiger partial charge is 0.314 e.